The molecule has 0 aromatic heterocycles. The maximum absolute atomic E-state index is 12.2. The average molecular weight is 274 g/mol. The largest absolute Gasteiger partial charge is 0.402 e. The molecular formula is C11H14O4S2. The van der Waals surface area contributed by atoms with Crippen molar-refractivity contribution in [1.82, 2.24) is 0 Å². The minimum Gasteiger partial charge on any atom is -0.402 e. The fourth-order valence-electron chi connectivity index (χ4n) is 2.03. The highest BCUT2D eigenvalue weighted by Gasteiger charge is 2.60. The molecular weight excluding hydrogens is 260 g/mol. The van der Waals surface area contributed by atoms with Gasteiger partial charge >= 0.3 is 16.4 Å². The van der Waals surface area contributed by atoms with E-state index in [1.165, 1.54) is 23.5 Å². The van der Waals surface area contributed by atoms with Crippen molar-refractivity contribution in [2.24, 2.45) is 11.3 Å². The molecule has 2 aliphatic rings. The van der Waals surface area contributed by atoms with E-state index in [2.05, 4.69) is 0 Å². The topological polar surface area (TPSA) is 52.6 Å². The number of hydrogen-bond acceptors (Lipinski definition) is 6. The van der Waals surface area contributed by atoms with Crippen LogP contribution in [-0.4, -0.2) is 16.4 Å². The van der Waals surface area contributed by atoms with Crippen molar-refractivity contribution in [2.45, 2.75) is 31.6 Å². The average Bonchev–Trinajstić information content (AvgIpc) is 2.65. The monoisotopic (exact) mass is 274 g/mol. The molecule has 2 aliphatic heterocycles. The fourth-order valence-corrected chi connectivity index (χ4v) is 3.86. The van der Waals surface area contributed by atoms with Gasteiger partial charge in [0.2, 0.25) is 0 Å². The van der Waals surface area contributed by atoms with Gasteiger partial charge in [0.1, 0.15) is 0 Å². The van der Waals surface area contributed by atoms with Crippen molar-refractivity contribution >= 4 is 35.5 Å². The normalized spacial score (nSPS) is 25.2. The van der Waals surface area contributed by atoms with Gasteiger partial charge in [0.15, 0.2) is 5.41 Å². The summed E-state index contributed by atoms with van der Waals surface area (Å²) in [7, 11) is 0. The van der Waals surface area contributed by atoms with Crippen molar-refractivity contribution in [1.29, 1.82) is 0 Å². The number of thioether (sulfide) groups is 2. The van der Waals surface area contributed by atoms with Crippen LogP contribution in [0.5, 0.6) is 0 Å². The summed E-state index contributed by atoms with van der Waals surface area (Å²) >= 11 is 2.38. The molecule has 0 unspecified atom stereocenters. The third kappa shape index (κ3) is 1.78. The molecule has 0 bridgehead atoms. The van der Waals surface area contributed by atoms with E-state index in [9.17, 15) is 9.59 Å². The van der Waals surface area contributed by atoms with E-state index >= 15 is 0 Å². The van der Waals surface area contributed by atoms with E-state index < -0.39 is 21.8 Å². The van der Waals surface area contributed by atoms with Crippen LogP contribution in [0.4, 0.5) is 0 Å². The summed E-state index contributed by atoms with van der Waals surface area (Å²) in [6.45, 7) is 5.46. The van der Waals surface area contributed by atoms with Crippen molar-refractivity contribution in [2.75, 3.05) is 0 Å². The van der Waals surface area contributed by atoms with Crippen LogP contribution in [0.15, 0.2) is 10.8 Å². The molecule has 0 aliphatic carbocycles. The lowest BCUT2D eigenvalue weighted by Crippen LogP contribution is -2.55. The summed E-state index contributed by atoms with van der Waals surface area (Å²) in [4.78, 5) is 24.4. The second-order valence-electron chi connectivity index (χ2n) is 4.27. The summed E-state index contributed by atoms with van der Waals surface area (Å²) < 4.78 is 9.49. The number of rotatable bonds is 2. The predicted molar refractivity (Wildman–Crippen MR) is 66.8 cm³/mol. The minimum atomic E-state index is -1.22. The quantitative estimate of drug-likeness (QED) is 0.570. The first-order valence-electron chi connectivity index (χ1n) is 5.44. The molecule has 94 valence electrons. The summed E-state index contributed by atoms with van der Waals surface area (Å²) in [6, 6.07) is 0. The molecule has 0 N–H and O–H groups in total. The summed E-state index contributed by atoms with van der Waals surface area (Å²) in [5.41, 5.74) is -1.16. The van der Waals surface area contributed by atoms with Gasteiger partial charge in [-0.15, -0.1) is 0 Å². The van der Waals surface area contributed by atoms with Gasteiger partial charge in [-0.1, -0.05) is 20.8 Å². The Labute approximate surface area is 108 Å². The number of carbonyl (C=O) groups excluding carboxylic acids is 2. The number of ether oxygens (including phenoxy) is 2. The molecule has 0 saturated carbocycles. The van der Waals surface area contributed by atoms with E-state index in [4.69, 9.17) is 9.47 Å². The van der Waals surface area contributed by atoms with Gasteiger partial charge in [0.05, 0.1) is 0 Å². The molecule has 0 atom stereocenters. The molecule has 2 heterocycles. The summed E-state index contributed by atoms with van der Waals surface area (Å²) in [6.07, 6.45) is 0.390. The second kappa shape index (κ2) is 4.24. The van der Waals surface area contributed by atoms with Crippen LogP contribution in [-0.2, 0) is 19.1 Å². The van der Waals surface area contributed by atoms with Gasteiger partial charge in [-0.05, 0) is 46.7 Å². The van der Waals surface area contributed by atoms with Crippen LogP contribution in [0, 0.1) is 11.3 Å². The molecule has 17 heavy (non-hydrogen) atoms. The van der Waals surface area contributed by atoms with E-state index in [0.29, 0.717) is 6.42 Å². The van der Waals surface area contributed by atoms with Crippen LogP contribution in [0.3, 0.4) is 0 Å². The fraction of sp³-hybridized carbons (Fsp3) is 0.636. The molecule has 4 nitrogen and oxygen atoms in total. The van der Waals surface area contributed by atoms with Crippen LogP contribution < -0.4 is 0 Å². The molecule has 2 rings (SSSR count). The van der Waals surface area contributed by atoms with Gasteiger partial charge in [-0.25, -0.2) is 0 Å². The lowest BCUT2D eigenvalue weighted by atomic mass is 9.74. The molecule has 1 spiro atoms. The first kappa shape index (κ1) is 12.8. The first-order valence-corrected chi connectivity index (χ1v) is 7.20. The molecule has 0 aromatic rings. The summed E-state index contributed by atoms with van der Waals surface area (Å²) in [5.74, 6) is -1.10. The van der Waals surface area contributed by atoms with Crippen LogP contribution in [0.1, 0.15) is 27.2 Å². The molecule has 0 aromatic carbocycles. The van der Waals surface area contributed by atoms with Crippen LogP contribution in [0.2, 0.25) is 0 Å². The molecule has 6 heteroatoms. The third-order valence-corrected chi connectivity index (χ3v) is 5.39. The summed E-state index contributed by atoms with van der Waals surface area (Å²) in [5, 5.41) is 3.50. The Morgan fingerprint density at radius 1 is 1.18 bits per heavy atom. The van der Waals surface area contributed by atoms with Crippen molar-refractivity contribution in [3.63, 3.8) is 0 Å². The standard InChI is InChI=1S/C11H14O4S2/c1-4-10(7(2)3)8(12)14-11(15-9(10)13)16-5-6-17-11/h5-7H,4H2,1-3H3. The van der Waals surface area contributed by atoms with Gasteiger partial charge in [0, 0.05) is 0 Å². The van der Waals surface area contributed by atoms with E-state index in [1.54, 1.807) is 17.7 Å². The number of hydrogen-bond donors (Lipinski definition) is 0. The van der Waals surface area contributed by atoms with E-state index in [0.717, 1.165) is 0 Å². The van der Waals surface area contributed by atoms with Gasteiger partial charge in [-0.3, -0.25) is 9.59 Å². The maximum atomic E-state index is 12.2. The lowest BCUT2D eigenvalue weighted by molar-refractivity contribution is -0.218. The highest BCUT2D eigenvalue weighted by molar-refractivity contribution is 8.23. The predicted octanol–water partition coefficient (Wildman–Crippen LogP) is 2.70. The Hall–Kier alpha value is -0.620. The first-order chi connectivity index (χ1) is 7.97. The Balaban J connectivity index is 2.30. The van der Waals surface area contributed by atoms with Gasteiger partial charge in [0.25, 0.3) is 0 Å². The zero-order valence-corrected chi connectivity index (χ0v) is 11.5. The van der Waals surface area contributed by atoms with Crippen molar-refractivity contribution < 1.29 is 19.1 Å². The molecule has 1 saturated heterocycles. The Morgan fingerprint density at radius 3 is 2.00 bits per heavy atom. The van der Waals surface area contributed by atoms with E-state index in [1.807, 2.05) is 13.8 Å². The maximum Gasteiger partial charge on any atom is 0.366 e. The second-order valence-corrected chi connectivity index (χ2v) is 6.62. The highest BCUT2D eigenvalue weighted by atomic mass is 32.2. The smallest absolute Gasteiger partial charge is 0.366 e. The number of esters is 2. The van der Waals surface area contributed by atoms with Crippen molar-refractivity contribution in [3.05, 3.63) is 10.8 Å². The zero-order chi connectivity index (χ0) is 12.7. The van der Waals surface area contributed by atoms with Gasteiger partial charge < -0.3 is 9.47 Å². The molecule has 1 fully saturated rings. The number of carbonyl (C=O) groups is 2. The minimum absolute atomic E-state index is 0.144. The van der Waals surface area contributed by atoms with Crippen LogP contribution in [0.25, 0.3) is 0 Å². The highest BCUT2D eigenvalue weighted by Crippen LogP contribution is 2.53. The molecule has 0 amide bonds. The van der Waals surface area contributed by atoms with E-state index in [-0.39, 0.29) is 5.92 Å². The Bertz CT molecular complexity index is 361. The lowest BCUT2D eigenvalue weighted by Gasteiger charge is -2.41. The SMILES string of the molecule is CCC1(C(C)C)C(=O)OC2(OC1=O)SC=CS2. The molecule has 0 radical (unpaired) electrons. The third-order valence-electron chi connectivity index (χ3n) is 3.19. The Morgan fingerprint density at radius 2 is 1.65 bits per heavy atom. The van der Waals surface area contributed by atoms with Crippen LogP contribution >= 0.6 is 23.5 Å². The Kier molecular flexibility index (Phi) is 3.20. The van der Waals surface area contributed by atoms with Crippen molar-refractivity contribution in [3.8, 4) is 0 Å². The zero-order valence-electron chi connectivity index (χ0n) is 9.89. The van der Waals surface area contributed by atoms with Gasteiger partial charge in [-0.2, -0.15) is 0 Å².